The second-order valence-corrected chi connectivity index (χ2v) is 4.27. The first-order valence-electron chi connectivity index (χ1n) is 6.16. The Bertz CT molecular complexity index is 222. The van der Waals surface area contributed by atoms with E-state index in [1.165, 1.54) is 12.8 Å². The molecule has 0 aromatic heterocycles. The molecule has 1 saturated carbocycles. The zero-order valence-electron chi connectivity index (χ0n) is 9.91. The molecule has 0 saturated heterocycles. The molecular formula is C12H21NO3. The first-order chi connectivity index (χ1) is 7.79. The Morgan fingerprint density at radius 1 is 1.38 bits per heavy atom. The molecule has 1 rings (SSSR count). The topological polar surface area (TPSA) is 55.4 Å². The summed E-state index contributed by atoms with van der Waals surface area (Å²) in [5.41, 5.74) is 0. The molecule has 0 heterocycles. The highest BCUT2D eigenvalue weighted by Gasteiger charge is 2.29. The monoisotopic (exact) mass is 227 g/mol. The molecule has 0 aromatic rings. The van der Waals surface area contributed by atoms with Crippen molar-refractivity contribution in [2.24, 2.45) is 5.92 Å². The van der Waals surface area contributed by atoms with Crippen molar-refractivity contribution in [3.05, 3.63) is 0 Å². The molecule has 1 N–H and O–H groups in total. The molecular weight excluding hydrogens is 206 g/mol. The predicted octanol–water partition coefficient (Wildman–Crippen LogP) is 1.63. The maximum absolute atomic E-state index is 11.7. The lowest BCUT2D eigenvalue weighted by atomic mass is 9.92. The fourth-order valence-corrected chi connectivity index (χ4v) is 2.35. The van der Waals surface area contributed by atoms with Crippen LogP contribution in [0.1, 0.15) is 45.4 Å². The molecule has 0 spiro atoms. The van der Waals surface area contributed by atoms with Crippen LogP contribution >= 0.6 is 0 Å². The third-order valence-electron chi connectivity index (χ3n) is 3.16. The first-order valence-corrected chi connectivity index (χ1v) is 6.16. The van der Waals surface area contributed by atoms with Crippen LogP contribution in [-0.2, 0) is 14.3 Å². The van der Waals surface area contributed by atoms with Gasteiger partial charge in [-0.05, 0) is 25.7 Å². The van der Waals surface area contributed by atoms with Crippen LogP contribution < -0.4 is 5.32 Å². The van der Waals surface area contributed by atoms with Crippen molar-refractivity contribution in [1.82, 2.24) is 5.32 Å². The van der Waals surface area contributed by atoms with Gasteiger partial charge in [-0.25, -0.2) is 4.79 Å². The van der Waals surface area contributed by atoms with Gasteiger partial charge in [0.2, 0.25) is 6.41 Å². The smallest absolute Gasteiger partial charge is 0.328 e. The zero-order valence-corrected chi connectivity index (χ0v) is 9.91. The van der Waals surface area contributed by atoms with Crippen LogP contribution in [0.15, 0.2) is 0 Å². The van der Waals surface area contributed by atoms with Crippen LogP contribution in [0.5, 0.6) is 0 Å². The molecule has 1 fully saturated rings. The number of ether oxygens (including phenoxy) is 1. The lowest BCUT2D eigenvalue weighted by Gasteiger charge is -2.23. The number of carbonyl (C=O) groups is 2. The number of amides is 1. The van der Waals surface area contributed by atoms with Crippen LogP contribution in [-0.4, -0.2) is 25.0 Å². The molecule has 1 aliphatic rings. The molecule has 1 unspecified atom stereocenters. The number of nitrogens with one attached hydrogen (secondary N) is 1. The summed E-state index contributed by atoms with van der Waals surface area (Å²) in [7, 11) is 0. The first kappa shape index (κ1) is 13.0. The number of hydrogen-bond donors (Lipinski definition) is 1. The van der Waals surface area contributed by atoms with Crippen molar-refractivity contribution >= 4 is 12.4 Å². The molecule has 1 amide bonds. The molecule has 0 aliphatic heterocycles. The number of esters is 1. The third kappa shape index (κ3) is 3.83. The van der Waals surface area contributed by atoms with Gasteiger partial charge in [0.25, 0.3) is 0 Å². The number of carbonyl (C=O) groups excluding carboxylic acids is 2. The average molecular weight is 227 g/mol. The normalized spacial score (nSPS) is 19.6. The Hall–Kier alpha value is -1.06. The Morgan fingerprint density at radius 3 is 2.50 bits per heavy atom. The SMILES string of the molecule is CCOC(=O)C(NC=O)C1CCCCCC1. The molecule has 0 aromatic carbocycles. The van der Waals surface area contributed by atoms with E-state index in [-0.39, 0.29) is 11.9 Å². The fraction of sp³-hybridized carbons (Fsp3) is 0.833. The highest BCUT2D eigenvalue weighted by Crippen LogP contribution is 2.26. The summed E-state index contributed by atoms with van der Waals surface area (Å²) in [6.07, 6.45) is 7.35. The standard InChI is InChI=1S/C12H21NO3/c1-2-16-12(15)11(13-9-14)10-7-5-3-4-6-8-10/h9-11H,2-8H2,1H3,(H,13,14). The summed E-state index contributed by atoms with van der Waals surface area (Å²) in [4.78, 5) is 22.2. The molecule has 4 nitrogen and oxygen atoms in total. The van der Waals surface area contributed by atoms with E-state index in [0.717, 1.165) is 25.7 Å². The largest absolute Gasteiger partial charge is 0.464 e. The van der Waals surface area contributed by atoms with E-state index in [1.807, 2.05) is 0 Å². The summed E-state index contributed by atoms with van der Waals surface area (Å²) in [6, 6.07) is -0.449. The second kappa shape index (κ2) is 7.25. The maximum Gasteiger partial charge on any atom is 0.328 e. The van der Waals surface area contributed by atoms with Crippen molar-refractivity contribution in [3.8, 4) is 0 Å². The van der Waals surface area contributed by atoms with Crippen LogP contribution in [0.2, 0.25) is 0 Å². The summed E-state index contributed by atoms with van der Waals surface area (Å²) in [5, 5.41) is 2.61. The van der Waals surface area contributed by atoms with Gasteiger partial charge in [-0.2, -0.15) is 0 Å². The van der Waals surface area contributed by atoms with Gasteiger partial charge in [0.05, 0.1) is 6.61 Å². The number of rotatable bonds is 5. The van der Waals surface area contributed by atoms with E-state index < -0.39 is 6.04 Å². The quantitative estimate of drug-likeness (QED) is 0.441. The van der Waals surface area contributed by atoms with E-state index >= 15 is 0 Å². The van der Waals surface area contributed by atoms with Gasteiger partial charge in [-0.3, -0.25) is 4.79 Å². The minimum Gasteiger partial charge on any atom is -0.464 e. The Labute approximate surface area is 96.7 Å². The van der Waals surface area contributed by atoms with Gasteiger partial charge >= 0.3 is 5.97 Å². The summed E-state index contributed by atoms with van der Waals surface area (Å²) < 4.78 is 4.99. The minimum atomic E-state index is -0.449. The van der Waals surface area contributed by atoms with Crippen LogP contribution in [0, 0.1) is 5.92 Å². The zero-order chi connectivity index (χ0) is 11.8. The average Bonchev–Trinajstić information content (AvgIpc) is 2.54. The van der Waals surface area contributed by atoms with E-state index in [2.05, 4.69) is 5.32 Å². The third-order valence-corrected chi connectivity index (χ3v) is 3.16. The van der Waals surface area contributed by atoms with Crippen molar-refractivity contribution in [2.45, 2.75) is 51.5 Å². The minimum absolute atomic E-state index is 0.242. The van der Waals surface area contributed by atoms with Gasteiger partial charge in [0.1, 0.15) is 6.04 Å². The van der Waals surface area contributed by atoms with Crippen LogP contribution in [0.4, 0.5) is 0 Å². The van der Waals surface area contributed by atoms with Gasteiger partial charge < -0.3 is 10.1 Å². The maximum atomic E-state index is 11.7. The van der Waals surface area contributed by atoms with Gasteiger partial charge in [0.15, 0.2) is 0 Å². The van der Waals surface area contributed by atoms with E-state index in [1.54, 1.807) is 6.92 Å². The van der Waals surface area contributed by atoms with E-state index in [0.29, 0.717) is 13.0 Å². The van der Waals surface area contributed by atoms with Crippen molar-refractivity contribution in [3.63, 3.8) is 0 Å². The molecule has 1 aliphatic carbocycles. The summed E-state index contributed by atoms with van der Waals surface area (Å²) >= 11 is 0. The van der Waals surface area contributed by atoms with E-state index in [9.17, 15) is 9.59 Å². The van der Waals surface area contributed by atoms with E-state index in [4.69, 9.17) is 4.74 Å². The highest BCUT2D eigenvalue weighted by molar-refractivity contribution is 5.78. The van der Waals surface area contributed by atoms with Gasteiger partial charge in [-0.15, -0.1) is 0 Å². The predicted molar refractivity (Wildman–Crippen MR) is 60.8 cm³/mol. The van der Waals surface area contributed by atoms with Crippen molar-refractivity contribution < 1.29 is 14.3 Å². The second-order valence-electron chi connectivity index (χ2n) is 4.27. The Morgan fingerprint density at radius 2 is 2.00 bits per heavy atom. The number of hydrogen-bond acceptors (Lipinski definition) is 3. The fourth-order valence-electron chi connectivity index (χ4n) is 2.35. The summed E-state index contributed by atoms with van der Waals surface area (Å²) in [6.45, 7) is 2.14. The molecule has 1 atom stereocenters. The van der Waals surface area contributed by atoms with Crippen LogP contribution in [0.25, 0.3) is 0 Å². The van der Waals surface area contributed by atoms with Gasteiger partial charge in [0, 0.05) is 0 Å². The molecule has 4 heteroatoms. The Kier molecular flexibility index (Phi) is 5.90. The lowest BCUT2D eigenvalue weighted by Crippen LogP contribution is -2.43. The molecule has 92 valence electrons. The molecule has 0 radical (unpaired) electrons. The summed E-state index contributed by atoms with van der Waals surface area (Å²) in [5.74, 6) is -0.0479. The van der Waals surface area contributed by atoms with Gasteiger partial charge in [-0.1, -0.05) is 25.7 Å². The molecule has 0 bridgehead atoms. The Balaban J connectivity index is 2.58. The highest BCUT2D eigenvalue weighted by atomic mass is 16.5. The van der Waals surface area contributed by atoms with Crippen molar-refractivity contribution in [1.29, 1.82) is 0 Å². The lowest BCUT2D eigenvalue weighted by molar-refractivity contribution is -0.148. The molecule has 16 heavy (non-hydrogen) atoms. The van der Waals surface area contributed by atoms with Crippen LogP contribution in [0.3, 0.4) is 0 Å². The van der Waals surface area contributed by atoms with Crippen molar-refractivity contribution in [2.75, 3.05) is 6.61 Å².